The summed E-state index contributed by atoms with van der Waals surface area (Å²) in [5.74, 6) is 1.00. The van der Waals surface area contributed by atoms with Crippen molar-refractivity contribution in [1.82, 2.24) is 0 Å². The predicted molar refractivity (Wildman–Crippen MR) is 57.4 cm³/mol. The van der Waals surface area contributed by atoms with Crippen LogP contribution in [0.4, 0.5) is 0 Å². The van der Waals surface area contributed by atoms with Gasteiger partial charge in [0, 0.05) is 0 Å². The van der Waals surface area contributed by atoms with E-state index in [0.29, 0.717) is 21.5 Å². The average Bonchev–Trinajstić information content (AvgIpc) is 2.16. The first-order valence-electron chi connectivity index (χ1n) is 3.72. The Kier molecular flexibility index (Phi) is 3.77. The third-order valence-electron chi connectivity index (χ3n) is 1.70. The first kappa shape index (κ1) is 11.3. The third-order valence-corrected chi connectivity index (χ3v) is 2.69. The second kappa shape index (κ2) is 4.66. The molecule has 14 heavy (non-hydrogen) atoms. The van der Waals surface area contributed by atoms with E-state index in [1.54, 1.807) is 12.1 Å². The van der Waals surface area contributed by atoms with Crippen molar-refractivity contribution < 1.29 is 14.3 Å². The maximum Gasteiger partial charge on any atom is 0.253 e. The van der Waals surface area contributed by atoms with Crippen molar-refractivity contribution in [1.29, 1.82) is 0 Å². The van der Waals surface area contributed by atoms with E-state index in [1.807, 2.05) is 0 Å². The molecule has 5 heteroatoms. The lowest BCUT2D eigenvalue weighted by Gasteiger charge is -2.10. The van der Waals surface area contributed by atoms with Gasteiger partial charge >= 0.3 is 0 Å². The summed E-state index contributed by atoms with van der Waals surface area (Å²) in [6.07, 6.45) is 0. The molecule has 0 aliphatic carbocycles. The monoisotopic (exact) mass is 278 g/mol. The number of benzene rings is 1. The van der Waals surface area contributed by atoms with Gasteiger partial charge in [-0.3, -0.25) is 4.79 Å². The summed E-state index contributed by atoms with van der Waals surface area (Å²) in [5.41, 5.74) is 0.351. The summed E-state index contributed by atoms with van der Waals surface area (Å²) in [6, 6.07) is 3.19. The van der Waals surface area contributed by atoms with Crippen LogP contribution in [0.1, 0.15) is 10.4 Å². The van der Waals surface area contributed by atoms with Gasteiger partial charge in [0.1, 0.15) is 0 Å². The van der Waals surface area contributed by atoms with Crippen LogP contribution in [0.15, 0.2) is 16.6 Å². The first-order chi connectivity index (χ1) is 6.61. The zero-order valence-electron chi connectivity index (χ0n) is 7.64. The Balaban J connectivity index is 3.34. The normalized spacial score (nSPS) is 9.71. The highest BCUT2D eigenvalue weighted by Gasteiger charge is 2.15. The summed E-state index contributed by atoms with van der Waals surface area (Å²) >= 11 is 8.59. The summed E-state index contributed by atoms with van der Waals surface area (Å²) < 4.78 is 10.6. The Morgan fingerprint density at radius 3 is 2.43 bits per heavy atom. The van der Waals surface area contributed by atoms with E-state index in [-0.39, 0.29) is 0 Å². The smallest absolute Gasteiger partial charge is 0.253 e. The molecule has 0 aliphatic rings. The van der Waals surface area contributed by atoms with Crippen molar-refractivity contribution in [3.8, 4) is 11.5 Å². The van der Waals surface area contributed by atoms with Crippen molar-refractivity contribution in [2.45, 2.75) is 0 Å². The van der Waals surface area contributed by atoms with Gasteiger partial charge in [0.05, 0.1) is 24.3 Å². The van der Waals surface area contributed by atoms with E-state index >= 15 is 0 Å². The Bertz CT molecular complexity index is 365. The van der Waals surface area contributed by atoms with Gasteiger partial charge < -0.3 is 9.47 Å². The van der Waals surface area contributed by atoms with Crippen LogP contribution in [-0.4, -0.2) is 19.5 Å². The van der Waals surface area contributed by atoms with Crippen molar-refractivity contribution in [2.24, 2.45) is 0 Å². The number of halogens is 2. The van der Waals surface area contributed by atoms with Crippen LogP contribution in [0.3, 0.4) is 0 Å². The van der Waals surface area contributed by atoms with Crippen molar-refractivity contribution in [3.63, 3.8) is 0 Å². The van der Waals surface area contributed by atoms with Gasteiger partial charge in [0.25, 0.3) is 5.24 Å². The van der Waals surface area contributed by atoms with Crippen molar-refractivity contribution in [3.05, 3.63) is 22.2 Å². The second-order valence-electron chi connectivity index (χ2n) is 2.44. The number of rotatable bonds is 3. The van der Waals surface area contributed by atoms with E-state index < -0.39 is 5.24 Å². The van der Waals surface area contributed by atoms with Crippen LogP contribution in [0, 0.1) is 0 Å². The molecular weight excluding hydrogens is 271 g/mol. The Morgan fingerprint density at radius 1 is 1.36 bits per heavy atom. The minimum absolute atomic E-state index is 0.351. The van der Waals surface area contributed by atoms with Gasteiger partial charge in [-0.05, 0) is 39.7 Å². The maximum absolute atomic E-state index is 11.0. The van der Waals surface area contributed by atoms with Gasteiger partial charge in [-0.1, -0.05) is 0 Å². The molecule has 0 N–H and O–H groups in total. The largest absolute Gasteiger partial charge is 0.493 e. The van der Waals surface area contributed by atoms with E-state index in [0.717, 1.165) is 0 Å². The summed E-state index contributed by atoms with van der Waals surface area (Å²) in [5, 5.41) is -0.544. The SMILES string of the molecule is COc1ccc(C(=O)Cl)c(Br)c1OC. The highest BCUT2D eigenvalue weighted by molar-refractivity contribution is 9.10. The topological polar surface area (TPSA) is 35.5 Å². The molecule has 0 saturated carbocycles. The van der Waals surface area contributed by atoms with Crippen molar-refractivity contribution >= 4 is 32.8 Å². The first-order valence-corrected chi connectivity index (χ1v) is 4.89. The lowest BCUT2D eigenvalue weighted by Crippen LogP contribution is -1.97. The highest BCUT2D eigenvalue weighted by Crippen LogP contribution is 2.37. The van der Waals surface area contributed by atoms with Crippen LogP contribution < -0.4 is 9.47 Å². The Hall–Kier alpha value is -0.740. The lowest BCUT2D eigenvalue weighted by atomic mass is 10.2. The van der Waals surface area contributed by atoms with Crippen LogP contribution in [0.5, 0.6) is 11.5 Å². The summed E-state index contributed by atoms with van der Waals surface area (Å²) in [4.78, 5) is 11.0. The zero-order valence-corrected chi connectivity index (χ0v) is 9.98. The van der Waals surface area contributed by atoms with Gasteiger partial charge in [-0.2, -0.15) is 0 Å². The third kappa shape index (κ3) is 2.01. The van der Waals surface area contributed by atoms with Gasteiger partial charge in [0.15, 0.2) is 11.5 Å². The molecule has 0 amide bonds. The highest BCUT2D eigenvalue weighted by atomic mass is 79.9. The minimum atomic E-state index is -0.544. The molecule has 0 bridgehead atoms. The lowest BCUT2D eigenvalue weighted by molar-refractivity contribution is 0.108. The van der Waals surface area contributed by atoms with E-state index in [9.17, 15) is 4.79 Å². The summed E-state index contributed by atoms with van der Waals surface area (Å²) in [7, 11) is 3.01. The number of hydrogen-bond acceptors (Lipinski definition) is 3. The molecule has 0 fully saturated rings. The molecule has 3 nitrogen and oxygen atoms in total. The molecule has 1 aromatic carbocycles. The van der Waals surface area contributed by atoms with Crippen molar-refractivity contribution in [2.75, 3.05) is 14.2 Å². The molecule has 0 spiro atoms. The predicted octanol–water partition coefficient (Wildman–Crippen LogP) is 2.85. The summed E-state index contributed by atoms with van der Waals surface area (Å²) in [6.45, 7) is 0. The molecule has 0 heterocycles. The molecule has 0 unspecified atom stereocenters. The molecule has 0 saturated heterocycles. The van der Waals surface area contributed by atoms with Crippen LogP contribution in [-0.2, 0) is 0 Å². The second-order valence-corrected chi connectivity index (χ2v) is 3.57. The fourth-order valence-corrected chi connectivity index (χ4v) is 1.98. The minimum Gasteiger partial charge on any atom is -0.493 e. The number of carbonyl (C=O) groups excluding carboxylic acids is 1. The zero-order chi connectivity index (χ0) is 10.7. The fraction of sp³-hybridized carbons (Fsp3) is 0.222. The van der Waals surface area contributed by atoms with Crippen LogP contribution in [0.25, 0.3) is 0 Å². The van der Waals surface area contributed by atoms with E-state index in [2.05, 4.69) is 15.9 Å². The maximum atomic E-state index is 11.0. The molecular formula is C9H8BrClO3. The molecule has 0 aromatic heterocycles. The van der Waals surface area contributed by atoms with Gasteiger partial charge in [-0.15, -0.1) is 0 Å². The van der Waals surface area contributed by atoms with E-state index in [4.69, 9.17) is 21.1 Å². The standard InChI is InChI=1S/C9H8BrClO3/c1-13-6-4-3-5(9(11)12)7(10)8(6)14-2/h3-4H,1-2H3. The fourth-order valence-electron chi connectivity index (χ4n) is 1.04. The van der Waals surface area contributed by atoms with Crippen LogP contribution >= 0.6 is 27.5 Å². The number of carbonyl (C=O) groups is 1. The Morgan fingerprint density at radius 2 is 2.00 bits per heavy atom. The number of methoxy groups -OCH3 is 2. The molecule has 76 valence electrons. The molecule has 1 rings (SSSR count). The molecule has 0 aliphatic heterocycles. The average molecular weight is 280 g/mol. The quantitative estimate of drug-likeness (QED) is 0.798. The molecule has 1 aromatic rings. The molecule has 0 radical (unpaired) electrons. The van der Waals surface area contributed by atoms with Gasteiger partial charge in [0.2, 0.25) is 0 Å². The number of ether oxygens (including phenoxy) is 2. The van der Waals surface area contributed by atoms with E-state index in [1.165, 1.54) is 14.2 Å². The van der Waals surface area contributed by atoms with Crippen LogP contribution in [0.2, 0.25) is 0 Å². The van der Waals surface area contributed by atoms with Gasteiger partial charge in [-0.25, -0.2) is 0 Å². The number of hydrogen-bond donors (Lipinski definition) is 0. The molecule has 0 atom stereocenters. The Labute approximate surface area is 95.1 Å².